The fourth-order valence-corrected chi connectivity index (χ4v) is 3.25. The molecule has 0 heterocycles. The summed E-state index contributed by atoms with van der Waals surface area (Å²) in [4.78, 5) is 49.6. The van der Waals surface area contributed by atoms with Crippen LogP contribution in [0.15, 0.2) is 24.3 Å². The number of rotatable bonds is 13. The van der Waals surface area contributed by atoms with Gasteiger partial charge in [0.2, 0.25) is 17.7 Å². The maximum absolute atomic E-state index is 13.0. The highest BCUT2D eigenvalue weighted by Gasteiger charge is 2.31. The molecule has 11 nitrogen and oxygen atoms in total. The molecular formula is C22H34N4O7S. The molecule has 0 radical (unpaired) electrons. The van der Waals surface area contributed by atoms with Gasteiger partial charge in [0.25, 0.3) is 0 Å². The molecule has 5 unspecified atom stereocenters. The average molecular weight is 499 g/mol. The fourth-order valence-electron chi connectivity index (χ4n) is 3.00. The van der Waals surface area contributed by atoms with Crippen LogP contribution >= 0.6 is 12.6 Å². The minimum absolute atomic E-state index is 0.00607. The number of hydrogen-bond acceptors (Lipinski definition) is 8. The highest BCUT2D eigenvalue weighted by atomic mass is 32.1. The summed E-state index contributed by atoms with van der Waals surface area (Å²) in [7, 11) is 0. The van der Waals surface area contributed by atoms with E-state index in [-0.39, 0.29) is 30.3 Å². The zero-order valence-electron chi connectivity index (χ0n) is 19.4. The Bertz CT molecular complexity index is 848. The van der Waals surface area contributed by atoms with E-state index in [0.717, 1.165) is 0 Å². The minimum atomic E-state index is -1.27. The van der Waals surface area contributed by atoms with Crippen molar-refractivity contribution in [1.82, 2.24) is 16.0 Å². The van der Waals surface area contributed by atoms with Crippen molar-refractivity contribution in [1.29, 1.82) is 0 Å². The molecule has 0 saturated carbocycles. The van der Waals surface area contributed by atoms with Crippen molar-refractivity contribution in [2.24, 2.45) is 11.7 Å². The van der Waals surface area contributed by atoms with Crippen molar-refractivity contribution in [2.75, 3.05) is 5.75 Å². The monoisotopic (exact) mass is 498 g/mol. The molecule has 0 aliphatic heterocycles. The molecule has 0 bridgehead atoms. The van der Waals surface area contributed by atoms with Crippen molar-refractivity contribution >= 4 is 36.3 Å². The minimum Gasteiger partial charge on any atom is -0.508 e. The van der Waals surface area contributed by atoms with Gasteiger partial charge in [-0.15, -0.1) is 0 Å². The lowest BCUT2D eigenvalue weighted by Gasteiger charge is -2.25. The topological polar surface area (TPSA) is 191 Å². The molecule has 3 amide bonds. The Balaban J connectivity index is 3.07. The Hall–Kier alpha value is -2.83. The molecule has 12 heteroatoms. The molecule has 0 aromatic heterocycles. The van der Waals surface area contributed by atoms with E-state index in [9.17, 15) is 34.5 Å². The lowest BCUT2D eigenvalue weighted by Crippen LogP contribution is -2.59. The summed E-state index contributed by atoms with van der Waals surface area (Å²) in [6, 6.07) is 1.18. The fraction of sp³-hybridized carbons (Fsp3) is 0.545. The summed E-state index contributed by atoms with van der Waals surface area (Å²) >= 11 is 4.07. The molecule has 5 atom stereocenters. The van der Waals surface area contributed by atoms with E-state index >= 15 is 0 Å². The number of carboxylic acids is 1. The lowest BCUT2D eigenvalue weighted by molar-refractivity contribution is -0.142. The number of aromatic hydroxyl groups is 1. The molecule has 1 aromatic rings. The van der Waals surface area contributed by atoms with E-state index in [1.54, 1.807) is 12.1 Å². The third-order valence-electron chi connectivity index (χ3n) is 4.97. The number of hydrogen-bond donors (Lipinski definition) is 8. The van der Waals surface area contributed by atoms with Crippen molar-refractivity contribution in [2.45, 2.75) is 63.9 Å². The van der Waals surface area contributed by atoms with Gasteiger partial charge in [0.1, 0.15) is 29.9 Å². The highest BCUT2D eigenvalue weighted by molar-refractivity contribution is 7.80. The summed E-state index contributed by atoms with van der Waals surface area (Å²) in [6.45, 7) is 4.96. The first-order valence-corrected chi connectivity index (χ1v) is 11.4. The highest BCUT2D eigenvalue weighted by Crippen LogP contribution is 2.12. The molecule has 0 saturated heterocycles. The predicted molar refractivity (Wildman–Crippen MR) is 128 cm³/mol. The average Bonchev–Trinajstić information content (AvgIpc) is 2.76. The van der Waals surface area contributed by atoms with Crippen LogP contribution in [0, 0.1) is 5.92 Å². The third kappa shape index (κ3) is 9.57. The van der Waals surface area contributed by atoms with Crippen LogP contribution in [-0.2, 0) is 25.6 Å². The zero-order valence-corrected chi connectivity index (χ0v) is 20.3. The molecule has 34 heavy (non-hydrogen) atoms. The van der Waals surface area contributed by atoms with Crippen LogP contribution in [0.4, 0.5) is 0 Å². The van der Waals surface area contributed by atoms with Crippen LogP contribution in [0.3, 0.4) is 0 Å². The summed E-state index contributed by atoms with van der Waals surface area (Å²) < 4.78 is 0. The van der Waals surface area contributed by atoms with Crippen LogP contribution in [0.1, 0.15) is 32.8 Å². The number of aliphatic hydroxyl groups is 1. The van der Waals surface area contributed by atoms with Crippen LogP contribution in [0.5, 0.6) is 5.75 Å². The van der Waals surface area contributed by atoms with E-state index in [1.165, 1.54) is 19.1 Å². The van der Waals surface area contributed by atoms with Gasteiger partial charge in [-0.2, -0.15) is 12.6 Å². The maximum Gasteiger partial charge on any atom is 0.326 e. The number of nitrogens with one attached hydrogen (secondary N) is 3. The van der Waals surface area contributed by atoms with Crippen molar-refractivity contribution in [3.8, 4) is 5.75 Å². The number of phenols is 1. The molecule has 0 spiro atoms. The van der Waals surface area contributed by atoms with E-state index < -0.39 is 54.0 Å². The number of phenolic OH excluding ortho intramolecular Hbond substituents is 1. The molecule has 8 N–H and O–H groups in total. The molecular weight excluding hydrogens is 464 g/mol. The van der Waals surface area contributed by atoms with Gasteiger partial charge in [0.05, 0.1) is 6.10 Å². The van der Waals surface area contributed by atoms with Crippen molar-refractivity contribution in [3.63, 3.8) is 0 Å². The first-order valence-electron chi connectivity index (χ1n) is 10.8. The van der Waals surface area contributed by atoms with Crippen LogP contribution in [-0.4, -0.2) is 75.0 Å². The SMILES string of the molecule is CC(C)CC(NC(=O)C(Cc1ccc(O)cc1)NC(=O)C(CS)NC(=O)C(N)C(C)O)C(=O)O. The van der Waals surface area contributed by atoms with Crippen LogP contribution in [0.25, 0.3) is 0 Å². The van der Waals surface area contributed by atoms with Gasteiger partial charge in [0.15, 0.2) is 0 Å². The van der Waals surface area contributed by atoms with Gasteiger partial charge in [-0.05, 0) is 37.0 Å². The van der Waals surface area contributed by atoms with Gasteiger partial charge >= 0.3 is 5.97 Å². The maximum atomic E-state index is 13.0. The standard InChI is InChI=1S/C22H34N4O7S/c1-11(2)8-16(22(32)33)25-19(29)15(9-13-4-6-14(28)7-5-13)24-20(30)17(10-34)26-21(31)18(23)12(3)27/h4-7,11-12,15-18,27-28,34H,8-10,23H2,1-3H3,(H,24,30)(H,25,29)(H,26,31)(H,32,33). The number of thiol groups is 1. The Labute approximate surface area is 203 Å². The van der Waals surface area contributed by atoms with E-state index in [1.807, 2.05) is 13.8 Å². The Morgan fingerprint density at radius 3 is 1.88 bits per heavy atom. The number of aliphatic carboxylic acids is 1. The van der Waals surface area contributed by atoms with Gasteiger partial charge < -0.3 is 37.0 Å². The van der Waals surface area contributed by atoms with Crippen molar-refractivity contribution < 1.29 is 34.5 Å². The Morgan fingerprint density at radius 2 is 1.41 bits per heavy atom. The first-order chi connectivity index (χ1) is 15.8. The van der Waals surface area contributed by atoms with Gasteiger partial charge in [0, 0.05) is 12.2 Å². The molecule has 1 rings (SSSR count). The molecule has 0 aliphatic rings. The molecule has 0 aliphatic carbocycles. The number of aliphatic hydroxyl groups excluding tert-OH is 1. The second kappa shape index (κ2) is 13.8. The smallest absolute Gasteiger partial charge is 0.326 e. The molecule has 1 aromatic carbocycles. The number of carbonyl (C=O) groups is 4. The normalized spacial score (nSPS) is 15.5. The van der Waals surface area contributed by atoms with Crippen molar-refractivity contribution in [3.05, 3.63) is 29.8 Å². The van der Waals surface area contributed by atoms with Crippen LogP contribution < -0.4 is 21.7 Å². The van der Waals surface area contributed by atoms with Gasteiger partial charge in [-0.25, -0.2) is 4.79 Å². The summed E-state index contributed by atoms with van der Waals surface area (Å²) in [5, 5.41) is 35.8. The zero-order chi connectivity index (χ0) is 26.0. The van der Waals surface area contributed by atoms with E-state index in [0.29, 0.717) is 5.56 Å². The summed E-state index contributed by atoms with van der Waals surface area (Å²) in [6.07, 6.45) is -0.967. The number of carboxylic acid groups (broad SMARTS) is 1. The predicted octanol–water partition coefficient (Wildman–Crippen LogP) is -0.842. The number of benzene rings is 1. The van der Waals surface area contributed by atoms with E-state index in [2.05, 4.69) is 28.6 Å². The third-order valence-corrected chi connectivity index (χ3v) is 5.33. The van der Waals surface area contributed by atoms with E-state index in [4.69, 9.17) is 5.73 Å². The number of amides is 3. The first kappa shape index (κ1) is 29.2. The number of carbonyl (C=O) groups excluding carboxylic acids is 3. The second-order valence-electron chi connectivity index (χ2n) is 8.47. The number of nitrogens with two attached hydrogens (primary N) is 1. The summed E-state index contributed by atoms with van der Waals surface area (Å²) in [5.74, 6) is -3.55. The summed E-state index contributed by atoms with van der Waals surface area (Å²) in [5.41, 5.74) is 6.19. The van der Waals surface area contributed by atoms with Gasteiger partial charge in [-0.1, -0.05) is 26.0 Å². The Morgan fingerprint density at radius 1 is 0.912 bits per heavy atom. The Kier molecular flexibility index (Phi) is 11.8. The molecule has 190 valence electrons. The second-order valence-corrected chi connectivity index (χ2v) is 8.84. The van der Waals surface area contributed by atoms with Gasteiger partial charge in [-0.3, -0.25) is 14.4 Å². The molecule has 0 fully saturated rings. The lowest BCUT2D eigenvalue weighted by atomic mass is 10.0. The largest absolute Gasteiger partial charge is 0.508 e. The quantitative estimate of drug-likeness (QED) is 0.161. The van der Waals surface area contributed by atoms with Crippen LogP contribution in [0.2, 0.25) is 0 Å².